The van der Waals surface area contributed by atoms with Crippen LogP contribution in [0.1, 0.15) is 239 Å². The van der Waals surface area contributed by atoms with E-state index >= 15 is 0 Å². The number of hydrogen-bond donors (Lipinski definition) is 4. The van der Waals surface area contributed by atoms with E-state index < -0.39 is 91.5 Å². The Labute approximate surface area is 597 Å². The van der Waals surface area contributed by atoms with Crippen molar-refractivity contribution in [3.05, 3.63) is 194 Å². The maximum atomic E-state index is 12.9. The number of aliphatic hydroxyl groups excluding tert-OH is 2. The average molecular weight is 1420 g/mol. The van der Waals surface area contributed by atoms with Crippen LogP contribution >= 0.6 is 15.6 Å². The van der Waals surface area contributed by atoms with Gasteiger partial charge in [0.15, 0.2) is 6.10 Å². The number of carbonyl (C=O) groups excluding carboxylic acids is 3. The molecule has 0 aliphatic carbocycles. The highest BCUT2D eigenvalue weighted by Gasteiger charge is 2.29. The van der Waals surface area contributed by atoms with E-state index in [-0.39, 0.29) is 19.3 Å². The number of unbranched alkanes of at least 4 members (excludes halogenated alkanes) is 12. The van der Waals surface area contributed by atoms with Crippen LogP contribution in [0.15, 0.2) is 194 Å². The summed E-state index contributed by atoms with van der Waals surface area (Å²) in [6.45, 7) is 2.17. The number of rotatable bonds is 67. The van der Waals surface area contributed by atoms with Gasteiger partial charge in [0.1, 0.15) is 25.4 Å². The third-order valence-electron chi connectivity index (χ3n) is 14.3. The maximum Gasteiger partial charge on any atom is 0.472 e. The van der Waals surface area contributed by atoms with E-state index in [1.807, 2.05) is 12.2 Å². The Hall–Kier alpha value is -5.61. The third kappa shape index (κ3) is 73.4. The predicted molar refractivity (Wildman–Crippen MR) is 408 cm³/mol. The Balaban J connectivity index is 4.70. The first-order chi connectivity index (χ1) is 48.2. The van der Waals surface area contributed by atoms with Crippen molar-refractivity contribution >= 4 is 33.6 Å². The summed E-state index contributed by atoms with van der Waals surface area (Å²) in [6, 6.07) is 0. The minimum Gasteiger partial charge on any atom is -0.463 e. The van der Waals surface area contributed by atoms with Gasteiger partial charge >= 0.3 is 33.6 Å². The summed E-state index contributed by atoms with van der Waals surface area (Å²) in [5.41, 5.74) is 0. The molecule has 5 atom stereocenters. The molecule has 0 saturated heterocycles. The highest BCUT2D eigenvalue weighted by atomic mass is 31.2. The largest absolute Gasteiger partial charge is 0.472 e. The van der Waals surface area contributed by atoms with Crippen molar-refractivity contribution in [1.82, 2.24) is 0 Å². The van der Waals surface area contributed by atoms with E-state index in [2.05, 4.69) is 203 Å². The first-order valence-corrected chi connectivity index (χ1v) is 39.7. The molecule has 18 heteroatoms. The maximum absolute atomic E-state index is 12.9. The highest BCUT2D eigenvalue weighted by molar-refractivity contribution is 7.47. The van der Waals surface area contributed by atoms with Gasteiger partial charge in [-0.2, -0.15) is 0 Å². The second-order valence-corrected chi connectivity index (χ2v) is 26.5. The molecular formula is C81H128O16P2. The average Bonchev–Trinajstić information content (AvgIpc) is 2.62. The van der Waals surface area contributed by atoms with Crippen LogP contribution < -0.4 is 0 Å². The zero-order chi connectivity index (χ0) is 72.3. The molecule has 0 aliphatic rings. The highest BCUT2D eigenvalue weighted by Crippen LogP contribution is 2.45. The van der Waals surface area contributed by atoms with Crippen molar-refractivity contribution in [2.45, 2.75) is 257 Å². The van der Waals surface area contributed by atoms with Gasteiger partial charge in [0, 0.05) is 19.3 Å². The van der Waals surface area contributed by atoms with E-state index in [9.17, 15) is 43.5 Å². The number of hydrogen-bond acceptors (Lipinski definition) is 14. The molecule has 0 heterocycles. The summed E-state index contributed by atoms with van der Waals surface area (Å²) < 4.78 is 60.9. The van der Waals surface area contributed by atoms with Crippen LogP contribution in [-0.4, -0.2) is 95.9 Å². The molecule has 558 valence electrons. The van der Waals surface area contributed by atoms with Crippen LogP contribution in [0.2, 0.25) is 0 Å². The molecule has 0 aromatic rings. The molecular weight excluding hydrogens is 1290 g/mol. The molecule has 0 aromatic carbocycles. The zero-order valence-electron chi connectivity index (χ0n) is 60.6. The number of carbonyl (C=O) groups is 3. The van der Waals surface area contributed by atoms with Crippen LogP contribution in [0.3, 0.4) is 0 Å². The topological polar surface area (TPSA) is 231 Å². The quantitative estimate of drug-likeness (QED) is 0.0146. The standard InChI is InChI=1S/C81H128O16P2/c1-4-7-10-13-16-19-22-25-28-31-33-34-35-36-37-38-39-40-42-45-46-49-52-55-58-61-64-67-79(84)91-70-76(82)71-93-98(87,88)94-72-77(83)73-95-99(89,90)96-75-78(97-81(86)69-66-63-60-57-54-51-48-43-30-27-24-21-18-15-12-9-6-3)74-92-80(85)68-65-62-59-56-53-50-47-44-41-32-29-26-23-20-17-14-11-8-5-2/h7-12,16-21,25-30,33-34,36-37,39-41,44,48,50-51,53,57,60,76-78,82-83H,4-6,13-15,22-24,31-32,35,38,42-43,45-47,49,52,54-56,58-59,61-75H2,1-3H3,(H,87,88)(H,89,90)/b10-7-,11-8-,12-9-,19-16-,20-17-,21-18-,28-25-,29-26-,30-27-,34-33-,37-36-,40-39-,44-41-,51-48-,53-50-,60-57-. The summed E-state index contributed by atoms with van der Waals surface area (Å²) >= 11 is 0. The van der Waals surface area contributed by atoms with Crippen molar-refractivity contribution in [3.8, 4) is 0 Å². The molecule has 0 saturated carbocycles. The van der Waals surface area contributed by atoms with Gasteiger partial charge in [0.05, 0.1) is 26.4 Å². The van der Waals surface area contributed by atoms with Gasteiger partial charge in [-0.3, -0.25) is 32.5 Å². The minimum atomic E-state index is -4.96. The molecule has 0 aromatic heterocycles. The molecule has 99 heavy (non-hydrogen) atoms. The van der Waals surface area contributed by atoms with E-state index in [1.165, 1.54) is 19.3 Å². The molecule has 0 bridgehead atoms. The van der Waals surface area contributed by atoms with Crippen molar-refractivity contribution in [2.75, 3.05) is 39.6 Å². The Bertz CT molecular complexity index is 2580. The third-order valence-corrected chi connectivity index (χ3v) is 16.2. The molecule has 0 amide bonds. The van der Waals surface area contributed by atoms with Crippen LogP contribution in [0.4, 0.5) is 0 Å². The smallest absolute Gasteiger partial charge is 0.463 e. The molecule has 0 spiro atoms. The molecule has 0 fully saturated rings. The first kappa shape index (κ1) is 93.4. The molecule has 4 N–H and O–H groups in total. The van der Waals surface area contributed by atoms with Gasteiger partial charge in [-0.1, -0.05) is 260 Å². The first-order valence-electron chi connectivity index (χ1n) is 36.7. The van der Waals surface area contributed by atoms with Gasteiger partial charge in [0.25, 0.3) is 0 Å². The molecule has 0 radical (unpaired) electrons. The summed E-state index contributed by atoms with van der Waals surface area (Å²) in [5.74, 6) is -1.71. The zero-order valence-corrected chi connectivity index (χ0v) is 62.4. The Kier molecular flexibility index (Phi) is 68.1. The lowest BCUT2D eigenvalue weighted by Gasteiger charge is -2.21. The summed E-state index contributed by atoms with van der Waals surface area (Å²) in [5, 5.41) is 20.6. The Morgan fingerprint density at radius 2 is 0.515 bits per heavy atom. The van der Waals surface area contributed by atoms with Crippen molar-refractivity contribution in [1.29, 1.82) is 0 Å². The fourth-order valence-corrected chi connectivity index (χ4v) is 10.4. The number of aliphatic hydroxyl groups is 2. The van der Waals surface area contributed by atoms with Gasteiger partial charge < -0.3 is 34.2 Å². The number of phosphoric acid groups is 2. The van der Waals surface area contributed by atoms with Gasteiger partial charge in [-0.15, -0.1) is 0 Å². The number of ether oxygens (including phenoxy) is 3. The Morgan fingerprint density at radius 3 is 0.838 bits per heavy atom. The molecule has 16 nitrogen and oxygen atoms in total. The van der Waals surface area contributed by atoms with Crippen molar-refractivity contribution in [2.24, 2.45) is 0 Å². The van der Waals surface area contributed by atoms with E-state index in [0.29, 0.717) is 25.7 Å². The fraction of sp³-hybridized carbons (Fsp3) is 0.568. The Morgan fingerprint density at radius 1 is 0.283 bits per heavy atom. The van der Waals surface area contributed by atoms with Crippen LogP contribution in [0.5, 0.6) is 0 Å². The fourth-order valence-electron chi connectivity index (χ4n) is 8.81. The summed E-state index contributed by atoms with van der Waals surface area (Å²) in [6.07, 6.45) is 93.5. The van der Waals surface area contributed by atoms with E-state index in [0.717, 1.165) is 154 Å². The molecule has 0 aliphatic heterocycles. The SMILES string of the molecule is CC/C=C\C/C=C\C/C=C\C/C=C\C/C=C\C/C=C\CCCCCCCCCCC(=O)OCC(O)COP(=O)(O)OCC(O)COP(=O)(O)OCC(COC(=O)CCCCC/C=C\C/C=C\C/C=C\C/C=C\C/C=C\CC)OC(=O)CCC/C=C\C/C=C\C/C=C\C/C=C\C/C=C\CC. The predicted octanol–water partition coefficient (Wildman–Crippen LogP) is 21.2. The normalized spacial score (nSPS) is 15.2. The van der Waals surface area contributed by atoms with Crippen molar-refractivity contribution in [3.63, 3.8) is 0 Å². The number of esters is 3. The lowest BCUT2D eigenvalue weighted by molar-refractivity contribution is -0.161. The van der Waals surface area contributed by atoms with Crippen LogP contribution in [0, 0.1) is 0 Å². The van der Waals surface area contributed by atoms with Crippen LogP contribution in [0.25, 0.3) is 0 Å². The second kappa shape index (κ2) is 72.2. The van der Waals surface area contributed by atoms with E-state index in [1.54, 1.807) is 0 Å². The summed E-state index contributed by atoms with van der Waals surface area (Å²) in [4.78, 5) is 58.5. The lowest BCUT2D eigenvalue weighted by Crippen LogP contribution is -2.30. The van der Waals surface area contributed by atoms with Crippen molar-refractivity contribution < 1.29 is 75.8 Å². The summed E-state index contributed by atoms with van der Waals surface area (Å²) in [7, 11) is -9.83. The van der Waals surface area contributed by atoms with Crippen LogP contribution in [-0.2, 0) is 55.8 Å². The lowest BCUT2D eigenvalue weighted by atomic mass is 10.1. The number of allylic oxidation sites excluding steroid dienone is 32. The molecule has 0 rings (SSSR count). The second-order valence-electron chi connectivity index (χ2n) is 23.6. The van der Waals surface area contributed by atoms with Gasteiger partial charge in [0.2, 0.25) is 0 Å². The van der Waals surface area contributed by atoms with Gasteiger partial charge in [-0.25, -0.2) is 9.13 Å². The van der Waals surface area contributed by atoms with E-state index in [4.69, 9.17) is 32.3 Å². The molecule has 5 unspecified atom stereocenters. The monoisotopic (exact) mass is 1420 g/mol. The minimum absolute atomic E-state index is 0.0102. The number of phosphoric ester groups is 2. The van der Waals surface area contributed by atoms with Gasteiger partial charge in [-0.05, 0) is 154 Å².